The van der Waals surface area contributed by atoms with Crippen LogP contribution in [0.25, 0.3) is 0 Å². The Labute approximate surface area is 163 Å². The number of esters is 1. The normalized spacial score (nSPS) is 10.9. The van der Waals surface area contributed by atoms with Crippen LogP contribution in [0.3, 0.4) is 0 Å². The monoisotopic (exact) mass is 387 g/mol. The van der Waals surface area contributed by atoms with Gasteiger partial charge in [-0.2, -0.15) is 0 Å². The van der Waals surface area contributed by atoms with E-state index in [1.54, 1.807) is 23.6 Å². The van der Waals surface area contributed by atoms with Gasteiger partial charge in [-0.25, -0.2) is 0 Å². The number of ketones is 1. The summed E-state index contributed by atoms with van der Waals surface area (Å²) in [5.74, 6) is -0.662. The number of carbonyl (C=O) groups excluding carboxylic acids is 3. The maximum absolute atomic E-state index is 12.5. The van der Waals surface area contributed by atoms with Crippen molar-refractivity contribution in [3.05, 3.63) is 57.3 Å². The molecule has 1 N–H and O–H groups in total. The molecular formula is C21H25NO4S. The summed E-state index contributed by atoms with van der Waals surface area (Å²) >= 11 is 1.29. The number of thiophene rings is 1. The van der Waals surface area contributed by atoms with E-state index in [4.69, 9.17) is 4.74 Å². The van der Waals surface area contributed by atoms with Crippen molar-refractivity contribution in [2.75, 3.05) is 13.2 Å². The third kappa shape index (κ3) is 5.76. The number of Topliss-reactive ketones (excluding diaryl/α,β-unsaturated/α-hetero) is 1. The Bertz CT molecular complexity index is 810. The van der Waals surface area contributed by atoms with Gasteiger partial charge in [0, 0.05) is 5.56 Å². The van der Waals surface area contributed by atoms with E-state index in [9.17, 15) is 14.4 Å². The SMILES string of the molecule is CC(C)c1ccc(C(=O)COC(=O)CNC(=O)c2cccs2)c(C(C)C)c1. The van der Waals surface area contributed by atoms with Crippen molar-refractivity contribution in [3.8, 4) is 0 Å². The van der Waals surface area contributed by atoms with Crippen LogP contribution < -0.4 is 5.32 Å². The van der Waals surface area contributed by atoms with Crippen molar-refractivity contribution >= 4 is 29.0 Å². The zero-order valence-electron chi connectivity index (χ0n) is 16.1. The van der Waals surface area contributed by atoms with Gasteiger partial charge in [-0.1, -0.05) is 52.0 Å². The molecular weight excluding hydrogens is 362 g/mol. The van der Waals surface area contributed by atoms with E-state index in [-0.39, 0.29) is 30.8 Å². The van der Waals surface area contributed by atoms with Crippen molar-refractivity contribution in [3.63, 3.8) is 0 Å². The summed E-state index contributed by atoms with van der Waals surface area (Å²) < 4.78 is 5.04. The summed E-state index contributed by atoms with van der Waals surface area (Å²) in [6, 6.07) is 9.22. The van der Waals surface area contributed by atoms with Crippen LogP contribution in [0.15, 0.2) is 35.7 Å². The highest BCUT2D eigenvalue weighted by Gasteiger charge is 2.17. The van der Waals surface area contributed by atoms with Gasteiger partial charge in [0.2, 0.25) is 5.78 Å². The predicted octanol–water partition coefficient (Wildman–Crippen LogP) is 4.15. The number of benzene rings is 1. The molecule has 1 heterocycles. The highest BCUT2D eigenvalue weighted by atomic mass is 32.1. The fourth-order valence-corrected chi connectivity index (χ4v) is 3.23. The third-order valence-electron chi connectivity index (χ3n) is 4.17. The van der Waals surface area contributed by atoms with E-state index in [0.717, 1.165) is 5.56 Å². The second kappa shape index (κ2) is 9.46. The van der Waals surface area contributed by atoms with Crippen LogP contribution >= 0.6 is 11.3 Å². The van der Waals surface area contributed by atoms with Crippen LogP contribution in [0.1, 0.15) is 70.7 Å². The van der Waals surface area contributed by atoms with E-state index >= 15 is 0 Å². The number of rotatable bonds is 8. The minimum Gasteiger partial charge on any atom is -0.456 e. The molecule has 2 aromatic rings. The topological polar surface area (TPSA) is 72.5 Å². The first-order valence-electron chi connectivity index (χ1n) is 8.94. The Morgan fingerprint density at radius 2 is 1.81 bits per heavy atom. The zero-order valence-corrected chi connectivity index (χ0v) is 16.9. The lowest BCUT2D eigenvalue weighted by atomic mass is 9.90. The molecule has 0 aliphatic rings. The van der Waals surface area contributed by atoms with Gasteiger partial charge in [-0.05, 0) is 34.4 Å². The predicted molar refractivity (Wildman–Crippen MR) is 107 cm³/mol. The van der Waals surface area contributed by atoms with E-state index in [1.807, 2.05) is 26.0 Å². The van der Waals surface area contributed by atoms with Gasteiger partial charge in [0.1, 0.15) is 6.54 Å². The minimum absolute atomic E-state index is 0.184. The Hall–Kier alpha value is -2.47. The largest absolute Gasteiger partial charge is 0.456 e. The van der Waals surface area contributed by atoms with Crippen LogP contribution in [-0.4, -0.2) is 30.8 Å². The van der Waals surface area contributed by atoms with Gasteiger partial charge in [0.25, 0.3) is 5.91 Å². The lowest BCUT2D eigenvalue weighted by Crippen LogP contribution is -2.31. The molecule has 0 saturated carbocycles. The fourth-order valence-electron chi connectivity index (χ4n) is 2.59. The summed E-state index contributed by atoms with van der Waals surface area (Å²) in [5, 5.41) is 4.26. The maximum Gasteiger partial charge on any atom is 0.325 e. The van der Waals surface area contributed by atoms with Gasteiger partial charge in [0.15, 0.2) is 6.61 Å². The standard InChI is InChI=1S/C21H25NO4S/c1-13(2)15-7-8-16(17(10-15)14(3)4)18(23)12-26-20(24)11-22-21(25)19-6-5-9-27-19/h5-10,13-14H,11-12H2,1-4H3,(H,22,25). The van der Waals surface area contributed by atoms with Crippen LogP contribution in [0.5, 0.6) is 0 Å². The molecule has 0 saturated heterocycles. The van der Waals surface area contributed by atoms with Gasteiger partial charge >= 0.3 is 5.97 Å². The average Bonchev–Trinajstić information content (AvgIpc) is 3.18. The van der Waals surface area contributed by atoms with Crippen molar-refractivity contribution < 1.29 is 19.1 Å². The number of hydrogen-bond acceptors (Lipinski definition) is 5. The van der Waals surface area contributed by atoms with Crippen LogP contribution in [0.4, 0.5) is 0 Å². The molecule has 1 amide bonds. The average molecular weight is 388 g/mol. The molecule has 5 nitrogen and oxygen atoms in total. The molecule has 1 aromatic carbocycles. The Morgan fingerprint density at radius 1 is 1.07 bits per heavy atom. The van der Waals surface area contributed by atoms with E-state index < -0.39 is 5.97 Å². The van der Waals surface area contributed by atoms with Gasteiger partial charge in [-0.3, -0.25) is 14.4 Å². The maximum atomic E-state index is 12.5. The molecule has 0 bridgehead atoms. The van der Waals surface area contributed by atoms with Crippen LogP contribution in [0.2, 0.25) is 0 Å². The van der Waals surface area contributed by atoms with E-state index in [0.29, 0.717) is 16.4 Å². The Balaban J connectivity index is 1.93. The zero-order chi connectivity index (χ0) is 20.0. The summed E-state index contributed by atoms with van der Waals surface area (Å²) in [7, 11) is 0. The first-order chi connectivity index (χ1) is 12.8. The Morgan fingerprint density at radius 3 is 2.41 bits per heavy atom. The van der Waals surface area contributed by atoms with E-state index in [2.05, 4.69) is 19.2 Å². The Kier molecular flexibility index (Phi) is 7.30. The number of nitrogens with one attached hydrogen (secondary N) is 1. The van der Waals surface area contributed by atoms with Crippen molar-refractivity contribution in [2.45, 2.75) is 39.5 Å². The molecule has 0 spiro atoms. The molecule has 1 aromatic heterocycles. The smallest absolute Gasteiger partial charge is 0.325 e. The van der Waals surface area contributed by atoms with Crippen LogP contribution in [-0.2, 0) is 9.53 Å². The van der Waals surface area contributed by atoms with Crippen molar-refractivity contribution in [2.24, 2.45) is 0 Å². The number of amides is 1. The molecule has 0 unspecified atom stereocenters. The third-order valence-corrected chi connectivity index (χ3v) is 5.04. The second-order valence-electron chi connectivity index (χ2n) is 6.90. The minimum atomic E-state index is -0.641. The van der Waals surface area contributed by atoms with Gasteiger partial charge in [-0.15, -0.1) is 11.3 Å². The van der Waals surface area contributed by atoms with Crippen molar-refractivity contribution in [1.82, 2.24) is 5.32 Å². The number of ether oxygens (including phenoxy) is 1. The second-order valence-corrected chi connectivity index (χ2v) is 7.85. The lowest BCUT2D eigenvalue weighted by molar-refractivity contribution is -0.141. The van der Waals surface area contributed by atoms with E-state index in [1.165, 1.54) is 16.9 Å². The first kappa shape index (κ1) is 20.8. The first-order valence-corrected chi connectivity index (χ1v) is 9.82. The molecule has 144 valence electrons. The van der Waals surface area contributed by atoms with Gasteiger partial charge in [0.05, 0.1) is 4.88 Å². The summed E-state index contributed by atoms with van der Waals surface area (Å²) in [4.78, 5) is 36.7. The quantitative estimate of drug-likeness (QED) is 0.545. The fraction of sp³-hybridized carbons (Fsp3) is 0.381. The molecule has 0 atom stereocenters. The molecule has 0 aliphatic carbocycles. The number of hydrogen-bond donors (Lipinski definition) is 1. The highest BCUT2D eigenvalue weighted by molar-refractivity contribution is 7.12. The molecule has 0 fully saturated rings. The highest BCUT2D eigenvalue weighted by Crippen LogP contribution is 2.25. The molecule has 27 heavy (non-hydrogen) atoms. The molecule has 2 rings (SSSR count). The van der Waals surface area contributed by atoms with Gasteiger partial charge < -0.3 is 10.1 Å². The molecule has 0 aliphatic heterocycles. The molecule has 6 heteroatoms. The summed E-state index contributed by atoms with van der Waals surface area (Å²) in [6.45, 7) is 7.66. The van der Waals surface area contributed by atoms with Crippen LogP contribution in [0, 0.1) is 0 Å². The lowest BCUT2D eigenvalue weighted by Gasteiger charge is -2.15. The summed E-state index contributed by atoms with van der Waals surface area (Å²) in [6.07, 6.45) is 0. The summed E-state index contributed by atoms with van der Waals surface area (Å²) in [5.41, 5.74) is 2.70. The number of carbonyl (C=O) groups is 3. The molecule has 0 radical (unpaired) electrons. The van der Waals surface area contributed by atoms with Crippen molar-refractivity contribution in [1.29, 1.82) is 0 Å².